The van der Waals surface area contributed by atoms with Crippen molar-refractivity contribution in [3.05, 3.63) is 35.9 Å². The number of amides is 4. The molecule has 1 aromatic rings. The maximum atomic E-state index is 12.5. The molecule has 4 amide bonds. The molecule has 0 heterocycles. The SMILES string of the molecule is NC(=O)CC(NC(=O)CNC(=O)C(Cc1ccccc1)NC(=O)C(N)CS)C(=O)O. The Balaban J connectivity index is 2.75. The van der Waals surface area contributed by atoms with Crippen LogP contribution >= 0.6 is 12.6 Å². The Morgan fingerprint density at radius 2 is 1.63 bits per heavy atom. The summed E-state index contributed by atoms with van der Waals surface area (Å²) in [6.45, 7) is -0.568. The van der Waals surface area contributed by atoms with E-state index in [4.69, 9.17) is 16.6 Å². The Morgan fingerprint density at radius 3 is 2.17 bits per heavy atom. The molecular weight excluding hydrogens is 414 g/mol. The van der Waals surface area contributed by atoms with Crippen molar-refractivity contribution in [3.63, 3.8) is 0 Å². The van der Waals surface area contributed by atoms with Crippen molar-refractivity contribution in [3.8, 4) is 0 Å². The third kappa shape index (κ3) is 8.92. The predicted molar refractivity (Wildman–Crippen MR) is 110 cm³/mol. The van der Waals surface area contributed by atoms with Gasteiger partial charge in [-0.2, -0.15) is 12.6 Å². The number of carbonyl (C=O) groups is 5. The van der Waals surface area contributed by atoms with Gasteiger partial charge >= 0.3 is 5.97 Å². The molecular formula is C18H25N5O6S. The molecule has 0 saturated carbocycles. The summed E-state index contributed by atoms with van der Waals surface area (Å²) in [5.74, 6) is -4.37. The maximum absolute atomic E-state index is 12.5. The van der Waals surface area contributed by atoms with Gasteiger partial charge in [-0.15, -0.1) is 0 Å². The quantitative estimate of drug-likeness (QED) is 0.175. The van der Waals surface area contributed by atoms with Crippen LogP contribution in [0.25, 0.3) is 0 Å². The van der Waals surface area contributed by atoms with E-state index in [0.717, 1.165) is 5.56 Å². The van der Waals surface area contributed by atoms with Crippen molar-refractivity contribution in [2.45, 2.75) is 31.0 Å². The molecule has 11 nitrogen and oxygen atoms in total. The van der Waals surface area contributed by atoms with Gasteiger partial charge in [-0.3, -0.25) is 19.2 Å². The minimum atomic E-state index is -1.51. The zero-order chi connectivity index (χ0) is 22.7. The summed E-state index contributed by atoms with van der Waals surface area (Å²) in [5.41, 5.74) is 11.3. The molecule has 0 bridgehead atoms. The van der Waals surface area contributed by atoms with Gasteiger partial charge in [0.1, 0.15) is 12.1 Å². The van der Waals surface area contributed by atoms with Gasteiger partial charge in [-0.05, 0) is 5.56 Å². The van der Waals surface area contributed by atoms with E-state index in [2.05, 4.69) is 28.6 Å². The number of aliphatic carboxylic acids is 1. The van der Waals surface area contributed by atoms with Crippen molar-refractivity contribution in [1.82, 2.24) is 16.0 Å². The average Bonchev–Trinajstić information content (AvgIpc) is 2.70. The number of carbonyl (C=O) groups excluding carboxylic acids is 4. The molecule has 3 unspecified atom stereocenters. The highest BCUT2D eigenvalue weighted by molar-refractivity contribution is 7.80. The van der Waals surface area contributed by atoms with E-state index in [9.17, 15) is 24.0 Å². The molecule has 1 rings (SSSR count). The summed E-state index contributed by atoms with van der Waals surface area (Å²) >= 11 is 3.95. The second-order valence-electron chi connectivity index (χ2n) is 6.39. The Hall–Kier alpha value is -3.12. The van der Waals surface area contributed by atoms with Crippen molar-refractivity contribution < 1.29 is 29.1 Å². The van der Waals surface area contributed by atoms with Gasteiger partial charge in [0.05, 0.1) is 19.0 Å². The Morgan fingerprint density at radius 1 is 1.00 bits per heavy atom. The highest BCUT2D eigenvalue weighted by Crippen LogP contribution is 2.04. The first-order valence-electron chi connectivity index (χ1n) is 8.93. The van der Waals surface area contributed by atoms with Gasteiger partial charge in [-0.1, -0.05) is 30.3 Å². The summed E-state index contributed by atoms with van der Waals surface area (Å²) in [6, 6.07) is 5.39. The molecule has 164 valence electrons. The lowest BCUT2D eigenvalue weighted by Gasteiger charge is -2.20. The van der Waals surface area contributed by atoms with Crippen LogP contribution in [0.15, 0.2) is 30.3 Å². The Bertz CT molecular complexity index is 776. The van der Waals surface area contributed by atoms with Crippen molar-refractivity contribution in [1.29, 1.82) is 0 Å². The summed E-state index contributed by atoms with van der Waals surface area (Å²) in [4.78, 5) is 58.5. The normalized spacial score (nSPS) is 13.4. The van der Waals surface area contributed by atoms with Gasteiger partial charge in [0.25, 0.3) is 0 Å². The molecule has 0 fully saturated rings. The van der Waals surface area contributed by atoms with E-state index in [0.29, 0.717) is 0 Å². The molecule has 0 aliphatic rings. The zero-order valence-corrected chi connectivity index (χ0v) is 16.9. The second-order valence-corrected chi connectivity index (χ2v) is 6.75. The fourth-order valence-electron chi connectivity index (χ4n) is 2.36. The number of benzene rings is 1. The van der Waals surface area contributed by atoms with E-state index in [-0.39, 0.29) is 12.2 Å². The first kappa shape index (κ1) is 24.9. The highest BCUT2D eigenvalue weighted by atomic mass is 32.1. The van der Waals surface area contributed by atoms with E-state index in [1.807, 2.05) is 0 Å². The van der Waals surface area contributed by atoms with Crippen LogP contribution in [0.4, 0.5) is 0 Å². The number of carboxylic acids is 1. The number of nitrogens with one attached hydrogen (secondary N) is 3. The standard InChI is InChI=1S/C18H25N5O6S/c19-11(9-30)16(26)23-12(6-10-4-2-1-3-5-10)17(27)21-8-15(25)22-13(18(28)29)7-14(20)24/h1-5,11-13,30H,6-9,19H2,(H2,20,24)(H,21,27)(H,22,25)(H,23,26)(H,28,29). The van der Waals surface area contributed by atoms with Crippen LogP contribution in [0.5, 0.6) is 0 Å². The minimum absolute atomic E-state index is 0.0738. The van der Waals surface area contributed by atoms with Crippen LogP contribution in [0.3, 0.4) is 0 Å². The monoisotopic (exact) mass is 439 g/mol. The maximum Gasteiger partial charge on any atom is 0.326 e. The fourth-order valence-corrected chi connectivity index (χ4v) is 2.52. The third-order valence-electron chi connectivity index (χ3n) is 3.91. The smallest absolute Gasteiger partial charge is 0.326 e. The number of nitrogens with two attached hydrogens (primary N) is 2. The van der Waals surface area contributed by atoms with Crippen molar-refractivity contribution in [2.75, 3.05) is 12.3 Å². The first-order valence-corrected chi connectivity index (χ1v) is 9.56. The molecule has 0 spiro atoms. The van der Waals surface area contributed by atoms with Crippen LogP contribution in [0.2, 0.25) is 0 Å². The van der Waals surface area contributed by atoms with Crippen molar-refractivity contribution >= 4 is 42.2 Å². The predicted octanol–water partition coefficient (Wildman–Crippen LogP) is -2.47. The van der Waals surface area contributed by atoms with Crippen LogP contribution < -0.4 is 27.4 Å². The molecule has 30 heavy (non-hydrogen) atoms. The second kappa shape index (κ2) is 12.4. The lowest BCUT2D eigenvalue weighted by molar-refractivity contribution is -0.143. The molecule has 3 atom stereocenters. The summed E-state index contributed by atoms with van der Waals surface area (Å²) in [6.07, 6.45) is -0.456. The van der Waals surface area contributed by atoms with Gasteiger partial charge in [0.2, 0.25) is 23.6 Å². The zero-order valence-electron chi connectivity index (χ0n) is 16.0. The molecule has 8 N–H and O–H groups in total. The number of thiol groups is 1. The van der Waals surface area contributed by atoms with E-state index in [1.54, 1.807) is 30.3 Å². The van der Waals surface area contributed by atoms with Gasteiger partial charge in [-0.25, -0.2) is 4.79 Å². The lowest BCUT2D eigenvalue weighted by Crippen LogP contribution is -2.54. The summed E-state index contributed by atoms with van der Waals surface area (Å²) in [7, 11) is 0. The Labute approximate surface area is 178 Å². The van der Waals surface area contributed by atoms with Gasteiger partial charge in [0.15, 0.2) is 0 Å². The highest BCUT2D eigenvalue weighted by Gasteiger charge is 2.25. The number of rotatable bonds is 12. The lowest BCUT2D eigenvalue weighted by atomic mass is 10.0. The van der Waals surface area contributed by atoms with Crippen LogP contribution in [0.1, 0.15) is 12.0 Å². The minimum Gasteiger partial charge on any atom is -0.480 e. The van der Waals surface area contributed by atoms with Crippen LogP contribution in [-0.2, 0) is 30.4 Å². The fraction of sp³-hybridized carbons (Fsp3) is 0.389. The Kier molecular flexibility index (Phi) is 10.3. The van der Waals surface area contributed by atoms with Crippen LogP contribution in [0, 0.1) is 0 Å². The molecule has 0 radical (unpaired) electrons. The molecule has 0 aliphatic carbocycles. The summed E-state index contributed by atoms with van der Waals surface area (Å²) < 4.78 is 0. The number of carboxylic acid groups (broad SMARTS) is 1. The molecule has 0 aromatic heterocycles. The van der Waals surface area contributed by atoms with E-state index in [1.165, 1.54) is 0 Å². The molecule has 12 heteroatoms. The van der Waals surface area contributed by atoms with E-state index >= 15 is 0 Å². The molecule has 0 aliphatic heterocycles. The van der Waals surface area contributed by atoms with Crippen LogP contribution in [-0.4, -0.2) is 65.1 Å². The molecule has 0 saturated heterocycles. The topological polar surface area (TPSA) is 194 Å². The van der Waals surface area contributed by atoms with Gasteiger partial charge in [0, 0.05) is 12.2 Å². The van der Waals surface area contributed by atoms with Gasteiger partial charge < -0.3 is 32.5 Å². The number of hydrogen-bond donors (Lipinski definition) is 7. The average molecular weight is 439 g/mol. The molecule has 1 aromatic carbocycles. The van der Waals surface area contributed by atoms with E-state index < -0.39 is 60.7 Å². The largest absolute Gasteiger partial charge is 0.480 e. The van der Waals surface area contributed by atoms with Crippen molar-refractivity contribution in [2.24, 2.45) is 11.5 Å². The third-order valence-corrected chi connectivity index (χ3v) is 4.30. The number of hydrogen-bond acceptors (Lipinski definition) is 7. The first-order chi connectivity index (χ1) is 14.1. The summed E-state index contributed by atoms with van der Waals surface area (Å²) in [5, 5.41) is 15.9. The number of primary amides is 1.